The Morgan fingerprint density at radius 3 is 2.65 bits per heavy atom. The second-order valence-corrected chi connectivity index (χ2v) is 6.18. The Morgan fingerprint density at radius 2 is 1.95 bits per heavy atom. The van der Waals surface area contributed by atoms with E-state index in [1.807, 2.05) is 7.05 Å². The minimum atomic E-state index is -0.0715. The summed E-state index contributed by atoms with van der Waals surface area (Å²) in [7, 11) is 2.00. The number of nitrogens with one attached hydrogen (secondary N) is 1. The summed E-state index contributed by atoms with van der Waals surface area (Å²) in [6.45, 7) is 8.94. The molecule has 3 nitrogen and oxygen atoms in total. The third kappa shape index (κ3) is 3.84. The van der Waals surface area contributed by atoms with Crippen LogP contribution in [0.2, 0.25) is 0 Å². The molecule has 1 heterocycles. The van der Waals surface area contributed by atoms with Crippen molar-refractivity contribution in [3.63, 3.8) is 0 Å². The van der Waals surface area contributed by atoms with E-state index < -0.39 is 0 Å². The Morgan fingerprint density at radius 1 is 1.20 bits per heavy atom. The molecular weight excluding hydrogens is 248 g/mol. The minimum absolute atomic E-state index is 0.0715. The first-order valence-corrected chi connectivity index (χ1v) is 7.36. The van der Waals surface area contributed by atoms with Crippen LogP contribution >= 0.6 is 0 Å². The van der Waals surface area contributed by atoms with Crippen molar-refractivity contribution in [2.45, 2.75) is 39.3 Å². The Kier molecular flexibility index (Phi) is 4.84. The smallest absolute Gasteiger partial charge is 0.0652 e. The van der Waals surface area contributed by atoms with Crippen molar-refractivity contribution in [3.05, 3.63) is 36.0 Å². The van der Waals surface area contributed by atoms with Crippen LogP contribution in [0, 0.1) is 0 Å². The molecule has 0 amide bonds. The number of hydrogen-bond donors (Lipinski definition) is 1. The SMILES string of the molecule is CNCCc1cn(CCOC(C)(C)C)c2ccccc12. The molecule has 0 saturated heterocycles. The van der Waals surface area contributed by atoms with Gasteiger partial charge in [0.1, 0.15) is 0 Å². The van der Waals surface area contributed by atoms with Gasteiger partial charge >= 0.3 is 0 Å². The molecule has 0 fully saturated rings. The second-order valence-electron chi connectivity index (χ2n) is 6.18. The molecule has 110 valence electrons. The third-order valence-electron chi connectivity index (χ3n) is 3.38. The van der Waals surface area contributed by atoms with Crippen molar-refractivity contribution >= 4 is 10.9 Å². The molecule has 1 N–H and O–H groups in total. The number of benzene rings is 1. The van der Waals surface area contributed by atoms with Crippen LogP contribution in [-0.4, -0.2) is 30.4 Å². The molecule has 3 heteroatoms. The van der Waals surface area contributed by atoms with E-state index in [-0.39, 0.29) is 5.60 Å². The number of rotatable bonds is 6. The number of para-hydroxylation sites is 1. The van der Waals surface area contributed by atoms with Crippen molar-refractivity contribution in [1.82, 2.24) is 9.88 Å². The average Bonchev–Trinajstić information content (AvgIpc) is 2.74. The predicted molar refractivity (Wildman–Crippen MR) is 85.3 cm³/mol. The highest BCUT2D eigenvalue weighted by Crippen LogP contribution is 2.22. The molecule has 0 aliphatic carbocycles. The molecule has 2 rings (SSSR count). The van der Waals surface area contributed by atoms with Crippen LogP contribution in [0.25, 0.3) is 10.9 Å². The van der Waals surface area contributed by atoms with Gasteiger partial charge in [-0.05, 0) is 52.4 Å². The Hall–Kier alpha value is -1.32. The standard InChI is InChI=1S/C17H26N2O/c1-17(2,3)20-12-11-19-13-14(9-10-18-4)15-7-5-6-8-16(15)19/h5-8,13,18H,9-12H2,1-4H3. The zero-order valence-corrected chi connectivity index (χ0v) is 13.1. The van der Waals surface area contributed by atoms with Gasteiger partial charge in [0.05, 0.1) is 12.2 Å². The van der Waals surface area contributed by atoms with E-state index in [0.717, 1.165) is 26.1 Å². The molecule has 2 aromatic rings. The summed E-state index contributed by atoms with van der Waals surface area (Å²) in [4.78, 5) is 0. The maximum absolute atomic E-state index is 5.84. The maximum atomic E-state index is 5.84. The number of ether oxygens (including phenoxy) is 1. The van der Waals surface area contributed by atoms with E-state index in [1.54, 1.807) is 0 Å². The van der Waals surface area contributed by atoms with E-state index in [1.165, 1.54) is 16.5 Å². The Balaban J connectivity index is 2.16. The van der Waals surface area contributed by atoms with Gasteiger partial charge < -0.3 is 14.6 Å². The van der Waals surface area contributed by atoms with Gasteiger partial charge in [-0.25, -0.2) is 0 Å². The van der Waals surface area contributed by atoms with Crippen LogP contribution in [-0.2, 0) is 17.7 Å². The summed E-state index contributed by atoms with van der Waals surface area (Å²) in [6, 6.07) is 8.61. The lowest BCUT2D eigenvalue weighted by atomic mass is 10.1. The van der Waals surface area contributed by atoms with Crippen molar-refractivity contribution in [3.8, 4) is 0 Å². The molecule has 0 atom stereocenters. The Bertz CT molecular complexity index is 552. The largest absolute Gasteiger partial charge is 0.374 e. The molecule has 1 aromatic carbocycles. The van der Waals surface area contributed by atoms with Gasteiger partial charge in [-0.15, -0.1) is 0 Å². The van der Waals surface area contributed by atoms with Crippen LogP contribution < -0.4 is 5.32 Å². The first-order valence-electron chi connectivity index (χ1n) is 7.36. The van der Waals surface area contributed by atoms with E-state index in [2.05, 4.69) is 61.1 Å². The Labute approximate surface area is 121 Å². The van der Waals surface area contributed by atoms with Crippen LogP contribution in [0.1, 0.15) is 26.3 Å². The molecular formula is C17H26N2O. The molecule has 0 unspecified atom stereocenters. The molecule has 0 spiro atoms. The fraction of sp³-hybridized carbons (Fsp3) is 0.529. The minimum Gasteiger partial charge on any atom is -0.374 e. The highest BCUT2D eigenvalue weighted by Gasteiger charge is 2.11. The summed E-state index contributed by atoms with van der Waals surface area (Å²) >= 11 is 0. The molecule has 0 aliphatic rings. The molecule has 0 radical (unpaired) electrons. The fourth-order valence-electron chi connectivity index (χ4n) is 2.42. The van der Waals surface area contributed by atoms with Crippen LogP contribution in [0.3, 0.4) is 0 Å². The van der Waals surface area contributed by atoms with E-state index in [9.17, 15) is 0 Å². The van der Waals surface area contributed by atoms with E-state index in [4.69, 9.17) is 4.74 Å². The summed E-state index contributed by atoms with van der Waals surface area (Å²) in [5.41, 5.74) is 2.64. The number of aromatic nitrogens is 1. The van der Waals surface area contributed by atoms with Crippen LogP contribution in [0.15, 0.2) is 30.5 Å². The topological polar surface area (TPSA) is 26.2 Å². The molecule has 20 heavy (non-hydrogen) atoms. The lowest BCUT2D eigenvalue weighted by Crippen LogP contribution is -2.21. The van der Waals surface area contributed by atoms with Crippen molar-refractivity contribution in [1.29, 1.82) is 0 Å². The lowest BCUT2D eigenvalue weighted by molar-refractivity contribution is -0.00645. The van der Waals surface area contributed by atoms with Gasteiger partial charge in [0.25, 0.3) is 0 Å². The van der Waals surface area contributed by atoms with Gasteiger partial charge in [0.15, 0.2) is 0 Å². The van der Waals surface area contributed by atoms with Gasteiger partial charge in [-0.3, -0.25) is 0 Å². The highest BCUT2D eigenvalue weighted by molar-refractivity contribution is 5.84. The maximum Gasteiger partial charge on any atom is 0.0652 e. The quantitative estimate of drug-likeness (QED) is 0.875. The van der Waals surface area contributed by atoms with Crippen molar-refractivity contribution in [2.75, 3.05) is 20.2 Å². The van der Waals surface area contributed by atoms with Gasteiger partial charge in [0, 0.05) is 23.6 Å². The monoisotopic (exact) mass is 274 g/mol. The zero-order chi connectivity index (χ0) is 14.6. The molecule has 0 saturated carbocycles. The van der Waals surface area contributed by atoms with Crippen LogP contribution in [0.4, 0.5) is 0 Å². The van der Waals surface area contributed by atoms with Crippen molar-refractivity contribution < 1.29 is 4.74 Å². The normalized spacial score (nSPS) is 12.2. The third-order valence-corrected chi connectivity index (χ3v) is 3.38. The van der Waals surface area contributed by atoms with Crippen molar-refractivity contribution in [2.24, 2.45) is 0 Å². The average molecular weight is 274 g/mol. The number of hydrogen-bond acceptors (Lipinski definition) is 2. The number of likely N-dealkylation sites (N-methyl/N-ethyl adjacent to an activating group) is 1. The summed E-state index contributed by atoms with van der Waals surface area (Å²) < 4.78 is 8.15. The van der Waals surface area contributed by atoms with E-state index >= 15 is 0 Å². The van der Waals surface area contributed by atoms with Gasteiger partial charge in [-0.1, -0.05) is 18.2 Å². The molecule has 0 bridgehead atoms. The highest BCUT2D eigenvalue weighted by atomic mass is 16.5. The lowest BCUT2D eigenvalue weighted by Gasteiger charge is -2.19. The molecule has 1 aromatic heterocycles. The van der Waals surface area contributed by atoms with E-state index in [0.29, 0.717) is 0 Å². The summed E-state index contributed by atoms with van der Waals surface area (Å²) in [6.07, 6.45) is 3.33. The first-order chi connectivity index (χ1) is 9.51. The second kappa shape index (κ2) is 6.42. The zero-order valence-electron chi connectivity index (χ0n) is 13.1. The van der Waals surface area contributed by atoms with Crippen LogP contribution in [0.5, 0.6) is 0 Å². The number of fused-ring (bicyclic) bond motifs is 1. The van der Waals surface area contributed by atoms with Gasteiger partial charge in [0.2, 0.25) is 0 Å². The summed E-state index contributed by atoms with van der Waals surface area (Å²) in [5.74, 6) is 0. The van der Waals surface area contributed by atoms with Gasteiger partial charge in [-0.2, -0.15) is 0 Å². The molecule has 0 aliphatic heterocycles. The first kappa shape index (κ1) is 15.1. The predicted octanol–water partition coefficient (Wildman–Crippen LogP) is 3.22. The summed E-state index contributed by atoms with van der Waals surface area (Å²) in [5, 5.41) is 4.58. The fourth-order valence-corrected chi connectivity index (χ4v) is 2.42. The number of nitrogens with zero attached hydrogens (tertiary/aromatic N) is 1.